The molecular formula is C19H13FN2. The predicted molar refractivity (Wildman–Crippen MR) is 86.0 cm³/mol. The average Bonchev–Trinajstić information content (AvgIpc) is 2.99. The van der Waals surface area contributed by atoms with Crippen molar-refractivity contribution < 1.29 is 4.39 Å². The van der Waals surface area contributed by atoms with E-state index < -0.39 is 0 Å². The van der Waals surface area contributed by atoms with Crippen LogP contribution in [-0.4, -0.2) is 9.38 Å². The molecule has 4 aromatic rings. The number of nitrogens with zero attached hydrogens (tertiary/aromatic N) is 2. The zero-order valence-corrected chi connectivity index (χ0v) is 11.8. The summed E-state index contributed by atoms with van der Waals surface area (Å²) in [6, 6.07) is 20.7. The Morgan fingerprint density at radius 2 is 1.41 bits per heavy atom. The Hall–Kier alpha value is -2.94. The van der Waals surface area contributed by atoms with Crippen LogP contribution in [0.15, 0.2) is 79.1 Å². The number of hydrogen-bond acceptors (Lipinski definition) is 1. The van der Waals surface area contributed by atoms with E-state index in [0.29, 0.717) is 0 Å². The van der Waals surface area contributed by atoms with E-state index >= 15 is 0 Å². The van der Waals surface area contributed by atoms with E-state index in [2.05, 4.69) is 29.4 Å². The fraction of sp³-hybridized carbons (Fsp3) is 0. The maximum atomic E-state index is 13.0. The summed E-state index contributed by atoms with van der Waals surface area (Å²) in [4.78, 5) is 4.59. The fourth-order valence-corrected chi connectivity index (χ4v) is 2.55. The molecule has 2 heterocycles. The highest BCUT2D eigenvalue weighted by molar-refractivity contribution is 5.67. The zero-order valence-electron chi connectivity index (χ0n) is 11.8. The minimum atomic E-state index is -0.237. The summed E-state index contributed by atoms with van der Waals surface area (Å²) in [5.41, 5.74) is 4.92. The Bertz CT molecular complexity index is 925. The molecule has 2 aromatic heterocycles. The molecule has 0 saturated heterocycles. The highest BCUT2D eigenvalue weighted by Gasteiger charge is 2.06. The molecule has 0 N–H and O–H groups in total. The molecule has 0 aliphatic heterocycles. The van der Waals surface area contributed by atoms with Gasteiger partial charge >= 0.3 is 0 Å². The first-order valence-electron chi connectivity index (χ1n) is 7.10. The zero-order chi connectivity index (χ0) is 14.9. The van der Waals surface area contributed by atoms with E-state index in [0.717, 1.165) is 22.5 Å². The Morgan fingerprint density at radius 3 is 2.18 bits per heavy atom. The Morgan fingerprint density at radius 1 is 0.682 bits per heavy atom. The molecular weight excluding hydrogens is 275 g/mol. The number of hydrogen-bond donors (Lipinski definition) is 0. The Balaban J connectivity index is 1.80. The summed E-state index contributed by atoms with van der Waals surface area (Å²) in [6.45, 7) is 0. The molecule has 106 valence electrons. The summed E-state index contributed by atoms with van der Waals surface area (Å²) in [7, 11) is 0. The number of fused-ring (bicyclic) bond motifs is 1. The molecule has 22 heavy (non-hydrogen) atoms. The normalized spacial score (nSPS) is 11.0. The molecule has 0 aliphatic rings. The van der Waals surface area contributed by atoms with Crippen LogP contribution in [0.3, 0.4) is 0 Å². The van der Waals surface area contributed by atoms with Crippen LogP contribution in [0.4, 0.5) is 4.39 Å². The lowest BCUT2D eigenvalue weighted by atomic mass is 10.1. The Labute approximate surface area is 127 Å². The minimum Gasteiger partial charge on any atom is -0.306 e. The first kappa shape index (κ1) is 12.8. The first-order chi connectivity index (χ1) is 10.8. The van der Waals surface area contributed by atoms with E-state index in [1.54, 1.807) is 12.1 Å². The van der Waals surface area contributed by atoms with Crippen LogP contribution in [0.2, 0.25) is 0 Å². The van der Waals surface area contributed by atoms with Crippen LogP contribution >= 0.6 is 0 Å². The van der Waals surface area contributed by atoms with Crippen molar-refractivity contribution in [3.8, 4) is 22.4 Å². The summed E-state index contributed by atoms with van der Waals surface area (Å²) < 4.78 is 15.0. The molecule has 0 fully saturated rings. The van der Waals surface area contributed by atoms with Crippen LogP contribution in [0, 0.1) is 5.82 Å². The average molecular weight is 288 g/mol. The van der Waals surface area contributed by atoms with Crippen LogP contribution in [0.25, 0.3) is 28.0 Å². The monoisotopic (exact) mass is 288 g/mol. The van der Waals surface area contributed by atoms with Crippen molar-refractivity contribution in [2.24, 2.45) is 0 Å². The molecule has 0 aliphatic carbocycles. The van der Waals surface area contributed by atoms with Crippen LogP contribution in [0.1, 0.15) is 0 Å². The summed E-state index contributed by atoms with van der Waals surface area (Å²) >= 11 is 0. The molecule has 0 radical (unpaired) electrons. The van der Waals surface area contributed by atoms with E-state index in [4.69, 9.17) is 0 Å². The molecule has 2 aromatic carbocycles. The van der Waals surface area contributed by atoms with Gasteiger partial charge in [0.25, 0.3) is 0 Å². The lowest BCUT2D eigenvalue weighted by Crippen LogP contribution is -1.84. The van der Waals surface area contributed by atoms with Crippen molar-refractivity contribution in [3.05, 3.63) is 84.9 Å². The summed E-state index contributed by atoms with van der Waals surface area (Å²) in [6.07, 6.45) is 4.03. The number of imidazole rings is 1. The van der Waals surface area contributed by atoms with Crippen LogP contribution in [-0.2, 0) is 0 Å². The first-order valence-corrected chi connectivity index (χ1v) is 7.10. The third-order valence-corrected chi connectivity index (χ3v) is 3.70. The van der Waals surface area contributed by atoms with Crippen molar-refractivity contribution in [1.82, 2.24) is 9.38 Å². The van der Waals surface area contributed by atoms with E-state index in [1.165, 1.54) is 17.7 Å². The SMILES string of the molecule is Fc1ccc(-c2cn3cc(-c4ccccc4)ccc3n2)cc1. The molecule has 0 atom stereocenters. The van der Waals surface area contributed by atoms with Gasteiger partial charge in [-0.25, -0.2) is 9.37 Å². The van der Waals surface area contributed by atoms with Gasteiger partial charge < -0.3 is 4.40 Å². The highest BCUT2D eigenvalue weighted by Crippen LogP contribution is 2.23. The third-order valence-electron chi connectivity index (χ3n) is 3.70. The lowest BCUT2D eigenvalue weighted by molar-refractivity contribution is 0.628. The fourth-order valence-electron chi connectivity index (χ4n) is 2.55. The second kappa shape index (κ2) is 5.11. The third kappa shape index (κ3) is 2.27. The number of halogens is 1. The summed E-state index contributed by atoms with van der Waals surface area (Å²) in [5, 5.41) is 0. The molecule has 0 unspecified atom stereocenters. The summed E-state index contributed by atoms with van der Waals surface area (Å²) in [5.74, 6) is -0.237. The van der Waals surface area contributed by atoms with Gasteiger partial charge in [-0.1, -0.05) is 30.3 Å². The van der Waals surface area contributed by atoms with Crippen molar-refractivity contribution >= 4 is 5.65 Å². The number of aromatic nitrogens is 2. The standard InChI is InChI=1S/C19H13FN2/c20-17-9-6-15(7-10-17)18-13-22-12-16(8-11-19(22)21-18)14-4-2-1-3-5-14/h1-13H. The molecule has 0 bridgehead atoms. The number of pyridine rings is 1. The van der Waals surface area contributed by atoms with E-state index in [1.807, 2.05) is 34.9 Å². The predicted octanol–water partition coefficient (Wildman–Crippen LogP) is 4.81. The quantitative estimate of drug-likeness (QED) is 0.517. The molecule has 4 rings (SSSR count). The number of benzene rings is 2. The van der Waals surface area contributed by atoms with E-state index in [-0.39, 0.29) is 5.82 Å². The van der Waals surface area contributed by atoms with Gasteiger partial charge in [0.2, 0.25) is 0 Å². The molecule has 2 nitrogen and oxygen atoms in total. The maximum Gasteiger partial charge on any atom is 0.137 e. The van der Waals surface area contributed by atoms with Crippen molar-refractivity contribution in [1.29, 1.82) is 0 Å². The van der Waals surface area contributed by atoms with Crippen molar-refractivity contribution in [2.45, 2.75) is 0 Å². The van der Waals surface area contributed by atoms with Gasteiger partial charge in [0.15, 0.2) is 0 Å². The topological polar surface area (TPSA) is 17.3 Å². The van der Waals surface area contributed by atoms with Gasteiger partial charge in [-0.2, -0.15) is 0 Å². The molecule has 0 spiro atoms. The van der Waals surface area contributed by atoms with Gasteiger partial charge in [0.1, 0.15) is 11.5 Å². The second-order valence-corrected chi connectivity index (χ2v) is 5.18. The van der Waals surface area contributed by atoms with Crippen LogP contribution < -0.4 is 0 Å². The second-order valence-electron chi connectivity index (χ2n) is 5.18. The molecule has 0 saturated carbocycles. The lowest BCUT2D eigenvalue weighted by Gasteiger charge is -2.01. The van der Waals surface area contributed by atoms with Crippen molar-refractivity contribution in [2.75, 3.05) is 0 Å². The molecule has 3 heteroatoms. The van der Waals surface area contributed by atoms with Gasteiger partial charge in [0.05, 0.1) is 5.69 Å². The molecule has 0 amide bonds. The van der Waals surface area contributed by atoms with Gasteiger partial charge in [-0.05, 0) is 47.5 Å². The largest absolute Gasteiger partial charge is 0.306 e. The maximum absolute atomic E-state index is 13.0. The van der Waals surface area contributed by atoms with Gasteiger partial charge in [0, 0.05) is 18.0 Å². The highest BCUT2D eigenvalue weighted by atomic mass is 19.1. The van der Waals surface area contributed by atoms with Crippen LogP contribution in [0.5, 0.6) is 0 Å². The smallest absolute Gasteiger partial charge is 0.137 e. The Kier molecular flexibility index (Phi) is 2.97. The van der Waals surface area contributed by atoms with Crippen molar-refractivity contribution in [3.63, 3.8) is 0 Å². The minimum absolute atomic E-state index is 0.237. The number of rotatable bonds is 2. The van der Waals surface area contributed by atoms with Gasteiger partial charge in [-0.3, -0.25) is 0 Å². The van der Waals surface area contributed by atoms with E-state index in [9.17, 15) is 4.39 Å². The van der Waals surface area contributed by atoms with Gasteiger partial charge in [-0.15, -0.1) is 0 Å².